The van der Waals surface area contributed by atoms with Gasteiger partial charge in [0.05, 0.1) is 33.7 Å². The van der Waals surface area contributed by atoms with Crippen LogP contribution >= 0.6 is 0 Å². The number of alkyl halides is 2. The molecule has 33 heavy (non-hydrogen) atoms. The van der Waals surface area contributed by atoms with Gasteiger partial charge in [0, 0.05) is 17.8 Å². The third kappa shape index (κ3) is 4.29. The van der Waals surface area contributed by atoms with Crippen molar-refractivity contribution in [2.45, 2.75) is 44.8 Å². The van der Waals surface area contributed by atoms with Gasteiger partial charge in [-0.05, 0) is 45.4 Å². The Labute approximate surface area is 189 Å². The average molecular weight is 480 g/mol. The zero-order chi connectivity index (χ0) is 24.2. The highest BCUT2D eigenvalue weighted by atomic mass is 32.2. The first-order valence-corrected chi connectivity index (χ1v) is 12.1. The summed E-state index contributed by atoms with van der Waals surface area (Å²) in [6, 6.07) is 7.29. The number of amides is 2. The predicted molar refractivity (Wildman–Crippen MR) is 117 cm³/mol. The first kappa shape index (κ1) is 23.1. The number of nitrogens with one attached hydrogen (secondary N) is 1. The molecule has 11 heteroatoms. The Kier molecular flexibility index (Phi) is 5.43. The van der Waals surface area contributed by atoms with Crippen LogP contribution in [0.2, 0.25) is 0 Å². The minimum absolute atomic E-state index is 0.0110. The summed E-state index contributed by atoms with van der Waals surface area (Å²) >= 11 is 0. The molecule has 1 atom stereocenters. The SMILES string of the molecule is CC1(C)C(=O)N(c2cccc(OC(F)F)c2)c2ncc(C(=O)N[C@@]3(C)CCS(=O)(=O)C3)cc21. The monoisotopic (exact) mass is 479 g/mol. The number of nitrogens with zero attached hydrogens (tertiary/aromatic N) is 2. The van der Waals surface area contributed by atoms with E-state index in [2.05, 4.69) is 15.0 Å². The molecule has 8 nitrogen and oxygen atoms in total. The molecular weight excluding hydrogens is 456 g/mol. The molecule has 1 aromatic carbocycles. The molecule has 1 aromatic heterocycles. The van der Waals surface area contributed by atoms with Crippen LogP contribution in [0, 0.1) is 0 Å². The van der Waals surface area contributed by atoms with Gasteiger partial charge in [0.15, 0.2) is 9.84 Å². The Bertz CT molecular complexity index is 1250. The van der Waals surface area contributed by atoms with E-state index >= 15 is 0 Å². The number of benzene rings is 1. The lowest BCUT2D eigenvalue weighted by molar-refractivity contribution is -0.121. The van der Waals surface area contributed by atoms with Gasteiger partial charge in [-0.15, -0.1) is 0 Å². The van der Waals surface area contributed by atoms with Gasteiger partial charge in [-0.3, -0.25) is 14.5 Å². The van der Waals surface area contributed by atoms with Crippen molar-refractivity contribution in [1.29, 1.82) is 0 Å². The van der Waals surface area contributed by atoms with Crippen molar-refractivity contribution >= 4 is 33.2 Å². The van der Waals surface area contributed by atoms with Gasteiger partial charge in [0.25, 0.3) is 5.91 Å². The van der Waals surface area contributed by atoms with Crippen LogP contribution in [-0.2, 0) is 20.0 Å². The Morgan fingerprint density at radius 2 is 1.97 bits per heavy atom. The molecule has 2 amide bonds. The first-order chi connectivity index (χ1) is 15.3. The van der Waals surface area contributed by atoms with Crippen molar-refractivity contribution in [2.24, 2.45) is 0 Å². The molecule has 0 spiro atoms. The van der Waals surface area contributed by atoms with Crippen molar-refractivity contribution < 1.29 is 31.5 Å². The Morgan fingerprint density at radius 1 is 1.24 bits per heavy atom. The number of aromatic nitrogens is 1. The third-order valence-corrected chi connectivity index (χ3v) is 7.87. The number of carbonyl (C=O) groups is 2. The lowest BCUT2D eigenvalue weighted by atomic mass is 9.86. The fourth-order valence-corrected chi connectivity index (χ4v) is 6.30. The predicted octanol–water partition coefficient (Wildman–Crippen LogP) is 2.95. The number of sulfone groups is 1. The van der Waals surface area contributed by atoms with Crippen LogP contribution in [0.5, 0.6) is 5.75 Å². The molecule has 0 saturated carbocycles. The van der Waals surface area contributed by atoms with Gasteiger partial charge >= 0.3 is 6.61 Å². The Balaban J connectivity index is 1.66. The normalized spacial score (nSPS) is 23.0. The summed E-state index contributed by atoms with van der Waals surface area (Å²) in [5, 5.41) is 2.78. The van der Waals surface area contributed by atoms with Crippen molar-refractivity contribution in [3.05, 3.63) is 47.7 Å². The second-order valence-electron chi connectivity index (χ2n) is 9.09. The molecule has 0 radical (unpaired) electrons. The van der Waals surface area contributed by atoms with Crippen LogP contribution in [0.15, 0.2) is 36.5 Å². The van der Waals surface area contributed by atoms with Crippen molar-refractivity contribution in [3.8, 4) is 5.75 Å². The van der Waals surface area contributed by atoms with E-state index in [4.69, 9.17) is 0 Å². The van der Waals surface area contributed by atoms with Crippen LogP contribution in [-0.4, -0.2) is 48.9 Å². The summed E-state index contributed by atoms with van der Waals surface area (Å²) in [5.41, 5.74) is -0.935. The van der Waals surface area contributed by atoms with E-state index in [1.54, 1.807) is 32.9 Å². The van der Waals surface area contributed by atoms with E-state index in [1.807, 2.05) is 0 Å². The number of hydrogen-bond acceptors (Lipinski definition) is 6. The van der Waals surface area contributed by atoms with Gasteiger partial charge < -0.3 is 10.1 Å². The quantitative estimate of drug-likeness (QED) is 0.707. The molecule has 1 N–H and O–H groups in total. The lowest BCUT2D eigenvalue weighted by Crippen LogP contribution is -2.47. The molecule has 1 saturated heterocycles. The van der Waals surface area contributed by atoms with E-state index in [1.165, 1.54) is 29.3 Å². The topological polar surface area (TPSA) is 106 Å². The van der Waals surface area contributed by atoms with Gasteiger partial charge in [-0.2, -0.15) is 8.78 Å². The second kappa shape index (κ2) is 7.75. The van der Waals surface area contributed by atoms with Crippen LogP contribution in [0.1, 0.15) is 43.1 Å². The third-order valence-electron chi connectivity index (χ3n) is 5.97. The highest BCUT2D eigenvalue weighted by Gasteiger charge is 2.46. The van der Waals surface area contributed by atoms with E-state index in [9.17, 15) is 26.8 Å². The molecule has 4 rings (SSSR count). The fraction of sp³-hybridized carbons (Fsp3) is 0.409. The zero-order valence-electron chi connectivity index (χ0n) is 18.3. The van der Waals surface area contributed by atoms with Crippen molar-refractivity contribution in [1.82, 2.24) is 10.3 Å². The number of hydrogen-bond donors (Lipinski definition) is 1. The number of rotatable bonds is 5. The fourth-order valence-electron chi connectivity index (χ4n) is 4.20. The van der Waals surface area contributed by atoms with E-state index < -0.39 is 33.3 Å². The molecule has 0 bridgehead atoms. The summed E-state index contributed by atoms with van der Waals surface area (Å²) in [5.74, 6) is -0.775. The van der Waals surface area contributed by atoms with Crippen molar-refractivity contribution in [3.63, 3.8) is 0 Å². The number of carbonyl (C=O) groups excluding carboxylic acids is 2. The molecular formula is C22H23F2N3O5S. The summed E-state index contributed by atoms with van der Waals surface area (Å²) in [6.07, 6.45) is 1.62. The summed E-state index contributed by atoms with van der Waals surface area (Å²) in [4.78, 5) is 31.7. The van der Waals surface area contributed by atoms with E-state index in [-0.39, 0.29) is 34.5 Å². The molecule has 0 aliphatic carbocycles. The zero-order valence-corrected chi connectivity index (χ0v) is 19.1. The van der Waals surface area contributed by atoms with Crippen LogP contribution in [0.3, 0.4) is 0 Å². The Hall–Kier alpha value is -3.08. The number of halogens is 2. The van der Waals surface area contributed by atoms with Crippen LogP contribution < -0.4 is 15.0 Å². The number of fused-ring (bicyclic) bond motifs is 1. The molecule has 2 aliphatic heterocycles. The van der Waals surface area contributed by atoms with E-state index in [0.29, 0.717) is 17.7 Å². The average Bonchev–Trinajstić information content (AvgIpc) is 3.10. The molecule has 1 fully saturated rings. The largest absolute Gasteiger partial charge is 0.435 e. The molecule has 176 valence electrons. The maximum absolute atomic E-state index is 13.2. The first-order valence-electron chi connectivity index (χ1n) is 10.2. The van der Waals surface area contributed by atoms with Gasteiger partial charge in [0.1, 0.15) is 11.6 Å². The van der Waals surface area contributed by atoms with Crippen LogP contribution in [0.25, 0.3) is 0 Å². The molecule has 2 aromatic rings. The van der Waals surface area contributed by atoms with Crippen molar-refractivity contribution in [2.75, 3.05) is 16.4 Å². The highest BCUT2D eigenvalue weighted by Crippen LogP contribution is 2.45. The maximum atomic E-state index is 13.2. The maximum Gasteiger partial charge on any atom is 0.387 e. The smallest absolute Gasteiger partial charge is 0.387 e. The molecule has 2 aliphatic rings. The molecule has 0 unspecified atom stereocenters. The van der Waals surface area contributed by atoms with E-state index in [0.717, 1.165) is 0 Å². The number of anilines is 2. The van der Waals surface area contributed by atoms with Gasteiger partial charge in [-0.25, -0.2) is 13.4 Å². The number of pyridine rings is 1. The summed E-state index contributed by atoms with van der Waals surface area (Å²) in [6.45, 7) is 2.04. The Morgan fingerprint density at radius 3 is 2.61 bits per heavy atom. The highest BCUT2D eigenvalue weighted by molar-refractivity contribution is 7.91. The van der Waals surface area contributed by atoms with Gasteiger partial charge in [0.2, 0.25) is 5.91 Å². The van der Waals surface area contributed by atoms with Gasteiger partial charge in [-0.1, -0.05) is 6.07 Å². The molecule has 3 heterocycles. The lowest BCUT2D eigenvalue weighted by Gasteiger charge is -2.24. The standard InChI is InChI=1S/C22H23F2N3O5S/c1-21(2)16-9-13(18(28)26-22(3)7-8-33(30,31)12-22)11-25-17(16)27(19(21)29)14-5-4-6-15(10-14)32-20(23)24/h4-6,9-11,20H,7-8,12H2,1-3H3,(H,26,28)/t22-/m0/s1. The summed E-state index contributed by atoms with van der Waals surface area (Å²) in [7, 11) is -3.21. The minimum Gasteiger partial charge on any atom is -0.435 e. The summed E-state index contributed by atoms with van der Waals surface area (Å²) < 4.78 is 53.3. The second-order valence-corrected chi connectivity index (χ2v) is 11.3. The van der Waals surface area contributed by atoms with Crippen LogP contribution in [0.4, 0.5) is 20.3 Å². The minimum atomic E-state index is -3.21. The number of ether oxygens (including phenoxy) is 1.